The van der Waals surface area contributed by atoms with Crippen molar-refractivity contribution in [2.45, 2.75) is 88.1 Å². The van der Waals surface area contributed by atoms with Gasteiger partial charge in [-0.3, -0.25) is 0 Å². The number of benzene rings is 2. The number of hydrogen-bond donors (Lipinski definition) is 8. The highest BCUT2D eigenvalue weighted by Crippen LogP contribution is 2.52. The summed E-state index contributed by atoms with van der Waals surface area (Å²) in [4.78, 5) is 3.04. The number of allylic oxidation sites excluding steroid dienone is 1. The smallest absolute Gasteiger partial charge is 0.201 e. The SMILES string of the molecule is CNCC[C@@H]1CC=C(CO)[C@H](c2cc([C@@H]3CC[C@H]4[C@H](C3)O[C@H](c3c(CO)c(O)c(O)c(OC)c3Cc3cc[nH]c3)C[C@@H]4O)ccc2O)C1. The molecule has 1 saturated heterocycles. The second-order valence-electron chi connectivity index (χ2n) is 13.8. The highest BCUT2D eigenvalue weighted by atomic mass is 16.5. The first-order valence-electron chi connectivity index (χ1n) is 17.2. The fourth-order valence-electron chi connectivity index (χ4n) is 8.57. The summed E-state index contributed by atoms with van der Waals surface area (Å²) in [6.45, 7) is 0.364. The van der Waals surface area contributed by atoms with E-state index in [4.69, 9.17) is 9.47 Å². The van der Waals surface area contributed by atoms with Crippen molar-refractivity contribution in [3.63, 3.8) is 0 Å². The number of phenolic OH excluding ortho intramolecular Hbond substituents is 2. The molecule has 0 radical (unpaired) electrons. The number of hydrogen-bond acceptors (Lipinski definition) is 9. The fourth-order valence-corrected chi connectivity index (χ4v) is 8.57. The second kappa shape index (κ2) is 14.9. The molecular formula is C38H50N2O8. The van der Waals surface area contributed by atoms with E-state index in [1.807, 2.05) is 25.4 Å². The first kappa shape index (κ1) is 34.3. The van der Waals surface area contributed by atoms with Crippen LogP contribution in [0.25, 0.3) is 0 Å². The zero-order valence-corrected chi connectivity index (χ0v) is 27.9. The topological polar surface area (TPSA) is 168 Å². The molecule has 2 heterocycles. The van der Waals surface area contributed by atoms with Gasteiger partial charge in [0.05, 0.1) is 38.6 Å². The molecule has 48 heavy (non-hydrogen) atoms. The van der Waals surface area contributed by atoms with Crippen LogP contribution in [0.4, 0.5) is 0 Å². The number of rotatable bonds is 11. The van der Waals surface area contributed by atoms with E-state index in [2.05, 4.69) is 22.4 Å². The van der Waals surface area contributed by atoms with E-state index in [9.17, 15) is 30.6 Å². The summed E-state index contributed by atoms with van der Waals surface area (Å²) < 4.78 is 12.4. The molecule has 1 saturated carbocycles. The Hall–Kier alpha value is -3.54. The summed E-state index contributed by atoms with van der Waals surface area (Å²) >= 11 is 0. The van der Waals surface area contributed by atoms with Crippen LogP contribution in [0.1, 0.15) is 96.3 Å². The Morgan fingerprint density at radius 1 is 1.00 bits per heavy atom. The second-order valence-corrected chi connectivity index (χ2v) is 13.8. The van der Waals surface area contributed by atoms with Gasteiger partial charge in [0.1, 0.15) is 5.75 Å². The minimum atomic E-state index is -0.660. The molecule has 260 valence electrons. The third kappa shape index (κ3) is 6.69. The lowest BCUT2D eigenvalue weighted by atomic mass is 9.70. The van der Waals surface area contributed by atoms with Crippen molar-refractivity contribution in [2.24, 2.45) is 11.8 Å². The molecule has 3 aliphatic rings. The number of aromatic amines is 1. The summed E-state index contributed by atoms with van der Waals surface area (Å²) in [7, 11) is 3.38. The normalized spacial score (nSPS) is 27.4. The van der Waals surface area contributed by atoms with Crippen LogP contribution in [0.5, 0.6) is 23.0 Å². The number of ether oxygens (including phenoxy) is 2. The molecule has 7 atom stereocenters. The van der Waals surface area contributed by atoms with Crippen LogP contribution in [-0.4, -0.2) is 75.1 Å². The van der Waals surface area contributed by atoms with Gasteiger partial charge in [-0.15, -0.1) is 0 Å². The van der Waals surface area contributed by atoms with E-state index in [-0.39, 0.29) is 53.9 Å². The fraction of sp³-hybridized carbons (Fsp3) is 0.526. The van der Waals surface area contributed by atoms with Gasteiger partial charge in [0, 0.05) is 53.8 Å². The van der Waals surface area contributed by atoms with Gasteiger partial charge in [-0.2, -0.15) is 0 Å². The first-order chi connectivity index (χ1) is 23.3. The Morgan fingerprint density at radius 2 is 1.83 bits per heavy atom. The molecule has 10 nitrogen and oxygen atoms in total. The summed E-state index contributed by atoms with van der Waals surface area (Å²) in [6.07, 6.45) is 9.93. The number of phenols is 3. The lowest BCUT2D eigenvalue weighted by Crippen LogP contribution is -2.44. The van der Waals surface area contributed by atoms with Crippen LogP contribution >= 0.6 is 0 Å². The summed E-state index contributed by atoms with van der Waals surface area (Å²) in [5.41, 5.74) is 5.12. The first-order valence-corrected chi connectivity index (χ1v) is 17.2. The van der Waals surface area contributed by atoms with Gasteiger partial charge >= 0.3 is 0 Å². The molecule has 2 fully saturated rings. The van der Waals surface area contributed by atoms with Crippen molar-refractivity contribution >= 4 is 0 Å². The maximum absolute atomic E-state index is 11.5. The van der Waals surface area contributed by atoms with Crippen molar-refractivity contribution in [3.8, 4) is 23.0 Å². The Balaban J connectivity index is 1.29. The van der Waals surface area contributed by atoms with Gasteiger partial charge in [0.25, 0.3) is 0 Å². The number of aliphatic hydroxyl groups is 3. The average molecular weight is 663 g/mol. The molecule has 0 bridgehead atoms. The predicted octanol–water partition coefficient (Wildman–Crippen LogP) is 5.02. The third-order valence-corrected chi connectivity index (χ3v) is 11.1. The zero-order valence-electron chi connectivity index (χ0n) is 27.9. The minimum absolute atomic E-state index is 0.0348. The number of aromatic hydroxyl groups is 3. The van der Waals surface area contributed by atoms with Gasteiger partial charge in [0.2, 0.25) is 5.75 Å². The Labute approximate surface area is 282 Å². The van der Waals surface area contributed by atoms with Gasteiger partial charge in [-0.1, -0.05) is 18.2 Å². The molecule has 1 aromatic heterocycles. The van der Waals surface area contributed by atoms with Crippen LogP contribution in [-0.2, 0) is 17.8 Å². The molecular weight excluding hydrogens is 612 g/mol. The number of H-pyrrole nitrogens is 1. The number of aromatic nitrogens is 1. The van der Waals surface area contributed by atoms with Crippen LogP contribution in [0.2, 0.25) is 0 Å². The highest BCUT2D eigenvalue weighted by molar-refractivity contribution is 5.64. The molecule has 8 N–H and O–H groups in total. The van der Waals surface area contributed by atoms with Crippen LogP contribution in [0.15, 0.2) is 48.3 Å². The number of fused-ring (bicyclic) bond motifs is 1. The van der Waals surface area contributed by atoms with Gasteiger partial charge in [-0.25, -0.2) is 0 Å². The Morgan fingerprint density at radius 3 is 2.54 bits per heavy atom. The van der Waals surface area contributed by atoms with E-state index in [1.54, 1.807) is 12.3 Å². The largest absolute Gasteiger partial charge is 0.508 e. The third-order valence-electron chi connectivity index (χ3n) is 11.1. The maximum Gasteiger partial charge on any atom is 0.201 e. The lowest BCUT2D eigenvalue weighted by molar-refractivity contribution is -0.154. The standard InChI is InChI=1S/C38H50N2O8/c1-39-11-9-21-3-4-25(19-41)27(13-21)28-15-23(6-8-31(28)43)24-5-7-26-32(44)17-34(48-33(26)16-24)35-29(14-22-10-12-40-18-22)38(47-2)37(46)36(45)30(35)20-42/h4,6,8,10,12,15,18,21,24,26-27,32-34,39-46H,3,5,7,9,11,13-14,16-17,19-20H2,1-2H3/t21-,24+,26+,27+,32-,33-,34-/m0/s1. The summed E-state index contributed by atoms with van der Waals surface area (Å²) in [5, 5.41) is 68.2. The number of aliphatic hydroxyl groups excluding tert-OH is 3. The average Bonchev–Trinajstić information content (AvgIpc) is 3.62. The molecule has 0 amide bonds. The quantitative estimate of drug-likeness (QED) is 0.104. The molecule has 0 unspecified atom stereocenters. The number of methoxy groups -OCH3 is 1. The molecule has 1 aliphatic heterocycles. The van der Waals surface area contributed by atoms with E-state index in [1.165, 1.54) is 7.11 Å². The van der Waals surface area contributed by atoms with Crippen molar-refractivity contribution in [1.82, 2.24) is 10.3 Å². The van der Waals surface area contributed by atoms with E-state index in [0.29, 0.717) is 29.9 Å². The van der Waals surface area contributed by atoms with E-state index in [0.717, 1.165) is 60.9 Å². The number of nitrogens with one attached hydrogen (secondary N) is 2. The zero-order chi connectivity index (χ0) is 33.9. The lowest BCUT2D eigenvalue weighted by Gasteiger charge is -2.46. The van der Waals surface area contributed by atoms with Crippen molar-refractivity contribution in [1.29, 1.82) is 0 Å². The van der Waals surface area contributed by atoms with Gasteiger partial charge in [0.15, 0.2) is 11.5 Å². The molecule has 3 aromatic rings. The van der Waals surface area contributed by atoms with Crippen molar-refractivity contribution in [3.05, 3.63) is 81.7 Å². The van der Waals surface area contributed by atoms with Crippen molar-refractivity contribution in [2.75, 3.05) is 27.3 Å². The monoisotopic (exact) mass is 662 g/mol. The van der Waals surface area contributed by atoms with Crippen LogP contribution in [0.3, 0.4) is 0 Å². The Bertz CT molecular complexity index is 1590. The molecule has 2 aromatic carbocycles. The molecule has 0 spiro atoms. The summed E-state index contributed by atoms with van der Waals surface area (Å²) in [5.74, 6) is -0.0526. The highest BCUT2D eigenvalue weighted by Gasteiger charge is 2.44. The minimum Gasteiger partial charge on any atom is -0.508 e. The maximum atomic E-state index is 11.5. The predicted molar refractivity (Wildman–Crippen MR) is 181 cm³/mol. The van der Waals surface area contributed by atoms with Crippen molar-refractivity contribution < 1.29 is 40.1 Å². The van der Waals surface area contributed by atoms with Crippen LogP contribution < -0.4 is 10.1 Å². The van der Waals surface area contributed by atoms with Gasteiger partial charge in [-0.05, 0) is 98.3 Å². The van der Waals surface area contributed by atoms with E-state index >= 15 is 0 Å². The molecule has 6 rings (SSSR count). The Kier molecular flexibility index (Phi) is 10.7. The van der Waals surface area contributed by atoms with Crippen LogP contribution in [0, 0.1) is 11.8 Å². The molecule has 2 aliphatic carbocycles. The molecule has 10 heteroatoms. The van der Waals surface area contributed by atoms with Gasteiger partial charge < -0.3 is 50.4 Å². The summed E-state index contributed by atoms with van der Waals surface area (Å²) in [6, 6.07) is 7.76. The van der Waals surface area contributed by atoms with E-state index < -0.39 is 30.3 Å².